The SMILES string of the molecule is COC(=O)c1cc(N)c(NC/C=C/CNc2c(N)cc(C(N)=O)cc2OCC#CC2CN(C(=O)O)C2)c(OC)c1. The molecule has 0 aromatic heterocycles. The van der Waals surface area contributed by atoms with Crippen LogP contribution in [0.3, 0.4) is 0 Å². The fourth-order valence-electron chi connectivity index (χ4n) is 3.82. The number of rotatable bonds is 11. The molecule has 1 fully saturated rings. The van der Waals surface area contributed by atoms with Crippen LogP contribution in [0.15, 0.2) is 36.4 Å². The lowest BCUT2D eigenvalue weighted by molar-refractivity contribution is 0.0600. The Morgan fingerprint density at radius 3 is 2.12 bits per heavy atom. The molecule has 0 radical (unpaired) electrons. The zero-order valence-electron chi connectivity index (χ0n) is 22.2. The Balaban J connectivity index is 1.59. The highest BCUT2D eigenvalue weighted by atomic mass is 16.5. The number of carbonyl (C=O) groups is 3. The summed E-state index contributed by atoms with van der Waals surface area (Å²) < 4.78 is 15.8. The molecule has 1 aliphatic rings. The lowest BCUT2D eigenvalue weighted by atomic mass is 10.0. The van der Waals surface area contributed by atoms with E-state index < -0.39 is 18.0 Å². The predicted octanol–water partition coefficient (Wildman–Crippen LogP) is 1.82. The molecule has 0 saturated carbocycles. The maximum atomic E-state index is 11.8. The Morgan fingerprint density at radius 2 is 1.57 bits per heavy atom. The van der Waals surface area contributed by atoms with Crippen molar-refractivity contribution in [1.29, 1.82) is 0 Å². The molecule has 0 aliphatic carbocycles. The molecule has 2 aromatic carbocycles. The van der Waals surface area contributed by atoms with E-state index in [0.29, 0.717) is 54.7 Å². The van der Waals surface area contributed by atoms with Crippen LogP contribution in [0, 0.1) is 17.8 Å². The molecular formula is C27H32N6O7. The van der Waals surface area contributed by atoms with Crippen LogP contribution in [0.1, 0.15) is 20.7 Å². The monoisotopic (exact) mass is 552 g/mol. The van der Waals surface area contributed by atoms with Gasteiger partial charge in [0.05, 0.1) is 37.1 Å². The molecule has 1 aliphatic heterocycles. The number of anilines is 4. The number of benzene rings is 2. The summed E-state index contributed by atoms with van der Waals surface area (Å²) in [5.74, 6) is 5.32. The molecule has 9 N–H and O–H groups in total. The van der Waals surface area contributed by atoms with Gasteiger partial charge in [0.1, 0.15) is 29.5 Å². The number of amides is 2. The number of nitrogens with two attached hydrogens (primary N) is 3. The second kappa shape index (κ2) is 13.5. The summed E-state index contributed by atoms with van der Waals surface area (Å²) in [4.78, 5) is 35.6. The molecular weight excluding hydrogens is 520 g/mol. The minimum absolute atomic E-state index is 0.0116. The van der Waals surface area contributed by atoms with Crippen molar-refractivity contribution >= 4 is 40.7 Å². The van der Waals surface area contributed by atoms with E-state index in [9.17, 15) is 14.4 Å². The quantitative estimate of drug-likeness (QED) is 0.103. The Bertz CT molecular complexity index is 1360. The zero-order chi connectivity index (χ0) is 29.2. The third kappa shape index (κ3) is 7.41. The van der Waals surface area contributed by atoms with Gasteiger partial charge in [-0.1, -0.05) is 24.0 Å². The van der Waals surface area contributed by atoms with Gasteiger partial charge >= 0.3 is 12.1 Å². The molecule has 13 heteroatoms. The van der Waals surface area contributed by atoms with E-state index in [0.717, 1.165) is 0 Å². The number of carbonyl (C=O) groups excluding carboxylic acids is 2. The van der Waals surface area contributed by atoms with Gasteiger partial charge in [-0.25, -0.2) is 9.59 Å². The number of carboxylic acid groups (broad SMARTS) is 1. The Kier molecular flexibility index (Phi) is 9.90. The number of likely N-dealkylation sites (tertiary alicyclic amines) is 1. The molecule has 0 unspecified atom stereocenters. The summed E-state index contributed by atoms with van der Waals surface area (Å²) in [7, 11) is 2.76. The molecule has 1 heterocycles. The van der Waals surface area contributed by atoms with Crippen molar-refractivity contribution in [1.82, 2.24) is 4.90 Å². The van der Waals surface area contributed by atoms with E-state index in [1.165, 1.54) is 43.4 Å². The third-order valence-electron chi connectivity index (χ3n) is 5.91. The summed E-state index contributed by atoms with van der Waals surface area (Å²) in [5.41, 5.74) is 19.7. The normalized spacial score (nSPS) is 12.6. The highest BCUT2D eigenvalue weighted by molar-refractivity contribution is 5.96. The lowest BCUT2D eigenvalue weighted by Crippen LogP contribution is -2.48. The van der Waals surface area contributed by atoms with E-state index >= 15 is 0 Å². The number of nitrogens with zero attached hydrogens (tertiary/aromatic N) is 1. The molecule has 13 nitrogen and oxygen atoms in total. The van der Waals surface area contributed by atoms with Crippen molar-refractivity contribution in [3.8, 4) is 23.3 Å². The maximum Gasteiger partial charge on any atom is 0.407 e. The highest BCUT2D eigenvalue weighted by Gasteiger charge is 2.28. The number of methoxy groups -OCH3 is 2. The van der Waals surface area contributed by atoms with E-state index in [4.69, 9.17) is 36.5 Å². The van der Waals surface area contributed by atoms with Gasteiger partial charge in [-0.3, -0.25) is 4.79 Å². The lowest BCUT2D eigenvalue weighted by Gasteiger charge is -2.33. The van der Waals surface area contributed by atoms with Crippen molar-refractivity contribution in [2.24, 2.45) is 11.7 Å². The van der Waals surface area contributed by atoms with Gasteiger partial charge in [0, 0.05) is 31.7 Å². The molecule has 0 bridgehead atoms. The molecule has 3 rings (SSSR count). The molecule has 2 aromatic rings. The Morgan fingerprint density at radius 1 is 1.00 bits per heavy atom. The van der Waals surface area contributed by atoms with E-state index in [1.807, 2.05) is 12.2 Å². The van der Waals surface area contributed by atoms with Gasteiger partial charge in [-0.05, 0) is 24.3 Å². The zero-order valence-corrected chi connectivity index (χ0v) is 22.2. The molecule has 0 atom stereocenters. The Labute approximate surface area is 231 Å². The van der Waals surface area contributed by atoms with Crippen LogP contribution in [0.25, 0.3) is 0 Å². The van der Waals surface area contributed by atoms with Gasteiger partial charge in [-0.2, -0.15) is 0 Å². The van der Waals surface area contributed by atoms with E-state index in [1.54, 1.807) is 0 Å². The van der Waals surface area contributed by atoms with Crippen LogP contribution >= 0.6 is 0 Å². The van der Waals surface area contributed by atoms with Crippen molar-refractivity contribution in [3.63, 3.8) is 0 Å². The number of nitrogens with one attached hydrogen (secondary N) is 2. The number of hydrogen-bond donors (Lipinski definition) is 6. The second-order valence-electron chi connectivity index (χ2n) is 8.66. The first-order valence-electron chi connectivity index (χ1n) is 12.2. The van der Waals surface area contributed by atoms with Crippen LogP contribution < -0.4 is 37.3 Å². The van der Waals surface area contributed by atoms with Crippen LogP contribution in [0.2, 0.25) is 0 Å². The van der Waals surface area contributed by atoms with Gasteiger partial charge in [0.2, 0.25) is 5.91 Å². The van der Waals surface area contributed by atoms with E-state index in [2.05, 4.69) is 22.5 Å². The Hall–Kier alpha value is -5.25. The molecule has 2 amide bonds. The summed E-state index contributed by atoms with van der Waals surface area (Å²) in [6.07, 6.45) is 2.72. The number of ether oxygens (including phenoxy) is 3. The van der Waals surface area contributed by atoms with Crippen molar-refractivity contribution in [2.45, 2.75) is 0 Å². The van der Waals surface area contributed by atoms with Crippen LogP contribution in [0.4, 0.5) is 27.5 Å². The fourth-order valence-corrected chi connectivity index (χ4v) is 3.82. The topological polar surface area (TPSA) is 204 Å². The highest BCUT2D eigenvalue weighted by Crippen LogP contribution is 2.33. The summed E-state index contributed by atoms with van der Waals surface area (Å²) >= 11 is 0. The first-order valence-corrected chi connectivity index (χ1v) is 12.2. The maximum absolute atomic E-state index is 11.8. The average molecular weight is 553 g/mol. The minimum atomic E-state index is -0.966. The van der Waals surface area contributed by atoms with Gasteiger partial charge in [-0.15, -0.1) is 0 Å². The second-order valence-corrected chi connectivity index (χ2v) is 8.66. The number of esters is 1. The van der Waals surface area contributed by atoms with Gasteiger partial charge in [0.15, 0.2) is 0 Å². The first kappa shape index (κ1) is 29.3. The smallest absolute Gasteiger partial charge is 0.407 e. The van der Waals surface area contributed by atoms with Crippen LogP contribution in [-0.4, -0.2) is 75.0 Å². The molecule has 212 valence electrons. The number of primary amides is 1. The molecule has 1 saturated heterocycles. The third-order valence-corrected chi connectivity index (χ3v) is 5.91. The van der Waals surface area contributed by atoms with Crippen LogP contribution in [-0.2, 0) is 4.74 Å². The number of hydrogen-bond acceptors (Lipinski definition) is 10. The largest absolute Gasteiger partial charge is 0.494 e. The number of nitrogen functional groups attached to an aromatic ring is 2. The predicted molar refractivity (Wildman–Crippen MR) is 151 cm³/mol. The standard InChI is InChI=1S/C27H32N6O7/c1-38-21-13-18(26(35)39-2)11-20(29)23(21)31-7-3-4-8-32-24-19(28)10-17(25(30)34)12-22(24)40-9-5-6-16-14-33(15-16)27(36)37/h3-4,10-13,16,31-32H,7-9,14-15,28-29H2,1-2H3,(H2,30,34)(H,36,37)/b4-3+. The summed E-state index contributed by atoms with van der Waals surface area (Å²) in [6, 6.07) is 5.98. The molecule has 40 heavy (non-hydrogen) atoms. The average Bonchev–Trinajstić information content (AvgIpc) is 2.89. The fraction of sp³-hybridized carbons (Fsp3) is 0.296. The first-order chi connectivity index (χ1) is 19.1. The van der Waals surface area contributed by atoms with Crippen molar-refractivity contribution in [3.05, 3.63) is 47.5 Å². The van der Waals surface area contributed by atoms with Crippen molar-refractivity contribution in [2.75, 3.05) is 69.1 Å². The summed E-state index contributed by atoms with van der Waals surface area (Å²) in [6.45, 7) is 1.50. The summed E-state index contributed by atoms with van der Waals surface area (Å²) in [5, 5.41) is 15.2. The molecule has 0 spiro atoms. The van der Waals surface area contributed by atoms with E-state index in [-0.39, 0.29) is 29.3 Å². The van der Waals surface area contributed by atoms with Crippen LogP contribution in [0.5, 0.6) is 11.5 Å². The van der Waals surface area contributed by atoms with Gasteiger partial charge < -0.3 is 52.1 Å². The van der Waals surface area contributed by atoms with Gasteiger partial charge in [0.25, 0.3) is 0 Å². The minimum Gasteiger partial charge on any atom is -0.494 e. The van der Waals surface area contributed by atoms with Crippen molar-refractivity contribution < 1.29 is 33.7 Å².